The molecule has 0 radical (unpaired) electrons. The van der Waals surface area contributed by atoms with Crippen molar-refractivity contribution in [3.05, 3.63) is 51.1 Å². The second kappa shape index (κ2) is 14.9. The zero-order chi connectivity index (χ0) is 32.0. The molecular weight excluding hydrogens is 719 g/mol. The lowest BCUT2D eigenvalue weighted by Crippen LogP contribution is -2.61. The van der Waals surface area contributed by atoms with Crippen LogP contribution in [0.4, 0.5) is 28.9 Å². The summed E-state index contributed by atoms with van der Waals surface area (Å²) in [4.78, 5) is 47.1. The molecule has 1 aliphatic rings. The maximum Gasteiger partial charge on any atom is 0.303 e. The Labute approximate surface area is 259 Å². The highest BCUT2D eigenvalue weighted by atomic mass is 127. The molecule has 0 bridgehead atoms. The number of carbonyl (C=O) groups is 4. The third kappa shape index (κ3) is 9.33. The van der Waals surface area contributed by atoms with E-state index < -0.39 is 95.0 Å². The second-order valence-corrected chi connectivity index (χ2v) is 11.3. The lowest BCUT2D eigenvalue weighted by atomic mass is 9.99. The first-order valence-electron chi connectivity index (χ1n) is 12.2. The molecule has 0 unspecified atom stereocenters. The fourth-order valence-corrected chi connectivity index (χ4v) is 5.55. The molecule has 17 heteroatoms. The molecule has 1 heterocycles. The van der Waals surface area contributed by atoms with Crippen molar-refractivity contribution in [3.8, 4) is 0 Å². The molecule has 11 nitrogen and oxygen atoms in total. The highest BCUT2D eigenvalue weighted by Gasteiger charge is 2.52. The Kier molecular flexibility index (Phi) is 11.9. The van der Waals surface area contributed by atoms with Crippen molar-refractivity contribution in [1.82, 2.24) is 0 Å². The Morgan fingerprint density at radius 3 is 1.65 bits per heavy atom. The maximum atomic E-state index is 15.0. The van der Waals surface area contributed by atoms with Crippen LogP contribution in [-0.2, 0) is 42.9 Å². The third-order valence-corrected chi connectivity index (χ3v) is 7.16. The van der Waals surface area contributed by atoms with E-state index in [9.17, 15) is 36.7 Å². The molecule has 0 spiro atoms. The maximum absolute atomic E-state index is 15.0. The standard InChI is InChI=1S/C26H23F4IN2O9S/c1-10(34)38-9-20-23(39-11(2)35)24(40-12(3)36)25(41-13(4)37)26(42-20)43-15-7-18(29)22(19(30)8-15)33-32-21-16(27)5-14(31)6-17(21)28/h5-8,20,23-26H,9H2,1-4H3/t20-,23-,24+,25+,26-/m1/s1. The van der Waals surface area contributed by atoms with Gasteiger partial charge in [0.05, 0.1) is 0 Å². The van der Waals surface area contributed by atoms with E-state index in [0.29, 0.717) is 11.8 Å². The van der Waals surface area contributed by atoms with Crippen LogP contribution in [0.25, 0.3) is 0 Å². The van der Waals surface area contributed by atoms with E-state index in [-0.39, 0.29) is 8.47 Å². The van der Waals surface area contributed by atoms with Crippen molar-refractivity contribution in [2.24, 2.45) is 10.2 Å². The van der Waals surface area contributed by atoms with E-state index in [2.05, 4.69) is 10.2 Å². The summed E-state index contributed by atoms with van der Waals surface area (Å²) in [6.45, 7) is 3.74. The number of nitrogens with zero attached hydrogens (tertiary/aromatic N) is 2. The first kappa shape index (κ1) is 34.2. The van der Waals surface area contributed by atoms with Gasteiger partial charge in [0, 0.05) is 36.2 Å². The molecule has 0 aliphatic carbocycles. The molecule has 1 fully saturated rings. The molecule has 0 amide bonds. The summed E-state index contributed by atoms with van der Waals surface area (Å²) in [5, 5.41) is 6.65. The van der Waals surface area contributed by atoms with Crippen LogP contribution in [0.1, 0.15) is 27.7 Å². The molecule has 3 rings (SSSR count). The fourth-order valence-electron chi connectivity index (χ4n) is 3.85. The predicted molar refractivity (Wildman–Crippen MR) is 147 cm³/mol. The summed E-state index contributed by atoms with van der Waals surface area (Å²) in [6, 6.07) is 3.52. The fraction of sp³-hybridized carbons (Fsp3) is 0.385. The first-order chi connectivity index (χ1) is 20.2. The van der Waals surface area contributed by atoms with E-state index >= 15 is 0 Å². The average molecular weight is 742 g/mol. The summed E-state index contributed by atoms with van der Waals surface area (Å²) in [6.07, 6.45) is -5.66. The van der Waals surface area contributed by atoms with Gasteiger partial charge in [-0.1, -0.05) is 11.8 Å². The molecule has 0 N–H and O–H groups in total. The smallest absolute Gasteiger partial charge is 0.303 e. The number of rotatable bonds is 9. The number of ether oxygens (including phenoxy) is 5. The minimum absolute atomic E-state index is 0.151. The number of esters is 4. The van der Waals surface area contributed by atoms with Gasteiger partial charge < -0.3 is 23.7 Å². The molecule has 2 aromatic rings. The minimum Gasteiger partial charge on any atom is -0.463 e. The van der Waals surface area contributed by atoms with Crippen LogP contribution in [0, 0.1) is 26.8 Å². The van der Waals surface area contributed by atoms with Gasteiger partial charge in [-0.2, -0.15) is 0 Å². The molecule has 232 valence electrons. The zero-order valence-corrected chi connectivity index (χ0v) is 25.7. The normalized spacial score (nSPS) is 21.7. The van der Waals surface area contributed by atoms with Gasteiger partial charge in [-0.25, -0.2) is 17.6 Å². The highest BCUT2D eigenvalue weighted by Crippen LogP contribution is 2.39. The van der Waals surface area contributed by atoms with Crippen LogP contribution in [0.5, 0.6) is 0 Å². The number of carbonyl (C=O) groups excluding carboxylic acids is 4. The van der Waals surface area contributed by atoms with Crippen LogP contribution >= 0.6 is 34.4 Å². The van der Waals surface area contributed by atoms with Crippen molar-refractivity contribution >= 4 is 69.6 Å². The van der Waals surface area contributed by atoms with E-state index in [4.69, 9.17) is 23.7 Å². The van der Waals surface area contributed by atoms with E-state index in [1.165, 1.54) is 0 Å². The van der Waals surface area contributed by atoms with Crippen LogP contribution in [0.2, 0.25) is 0 Å². The first-order valence-corrected chi connectivity index (χ1v) is 14.1. The molecule has 1 saturated heterocycles. The Morgan fingerprint density at radius 2 is 1.19 bits per heavy atom. The Bertz CT molecular complexity index is 1400. The van der Waals surface area contributed by atoms with E-state index in [1.54, 1.807) is 22.6 Å². The van der Waals surface area contributed by atoms with Crippen LogP contribution in [0.15, 0.2) is 39.4 Å². The predicted octanol–water partition coefficient (Wildman–Crippen LogP) is 5.44. The molecule has 5 atom stereocenters. The van der Waals surface area contributed by atoms with Gasteiger partial charge in [0.15, 0.2) is 53.0 Å². The van der Waals surface area contributed by atoms with Gasteiger partial charge in [-0.3, -0.25) is 19.2 Å². The van der Waals surface area contributed by atoms with Crippen molar-refractivity contribution in [1.29, 1.82) is 0 Å². The monoisotopic (exact) mass is 742 g/mol. The molecule has 0 saturated carbocycles. The molecule has 0 aromatic heterocycles. The Hall–Kier alpha value is -3.32. The van der Waals surface area contributed by atoms with Gasteiger partial charge in [-0.05, 0) is 46.9 Å². The number of azo groups is 1. The van der Waals surface area contributed by atoms with Gasteiger partial charge in [0.1, 0.15) is 18.1 Å². The summed E-state index contributed by atoms with van der Waals surface area (Å²) in [5.41, 5.74) is -3.17. The topological polar surface area (TPSA) is 139 Å². The number of hydrogen-bond donors (Lipinski definition) is 0. The lowest BCUT2D eigenvalue weighted by molar-refractivity contribution is -0.237. The van der Waals surface area contributed by atoms with Crippen molar-refractivity contribution in [3.63, 3.8) is 0 Å². The number of benzene rings is 2. The molecule has 1 aliphatic heterocycles. The van der Waals surface area contributed by atoms with Gasteiger partial charge in [0.25, 0.3) is 0 Å². The SMILES string of the molecule is CC(=O)OC[C@H]1O[C@H](Sc2cc(F)c(N=Nc3c(F)cc(I)cc3F)c(F)c2)[C@@H](OC(C)=O)[C@@H](OC(C)=O)[C@@H]1OC(C)=O. The summed E-state index contributed by atoms with van der Waals surface area (Å²) in [5.74, 6) is -8.01. The molecule has 2 aromatic carbocycles. The largest absolute Gasteiger partial charge is 0.463 e. The summed E-state index contributed by atoms with van der Waals surface area (Å²) in [7, 11) is 0. The van der Waals surface area contributed by atoms with Gasteiger partial charge >= 0.3 is 23.9 Å². The van der Waals surface area contributed by atoms with E-state index in [0.717, 1.165) is 52.0 Å². The zero-order valence-electron chi connectivity index (χ0n) is 22.8. The molecular formula is C26H23F4IN2O9S. The number of halogens is 5. The average Bonchev–Trinajstić information content (AvgIpc) is 2.86. The molecule has 43 heavy (non-hydrogen) atoms. The Balaban J connectivity index is 1.98. The minimum atomic E-state index is -1.49. The van der Waals surface area contributed by atoms with Gasteiger partial charge in [0.2, 0.25) is 0 Å². The van der Waals surface area contributed by atoms with Crippen LogP contribution < -0.4 is 0 Å². The summed E-state index contributed by atoms with van der Waals surface area (Å²) < 4.78 is 85.2. The highest BCUT2D eigenvalue weighted by molar-refractivity contribution is 14.1. The summed E-state index contributed by atoms with van der Waals surface area (Å²) >= 11 is 2.29. The third-order valence-electron chi connectivity index (χ3n) is 5.42. The van der Waals surface area contributed by atoms with Crippen molar-refractivity contribution < 1.29 is 60.4 Å². The lowest BCUT2D eigenvalue weighted by Gasteiger charge is -2.44. The van der Waals surface area contributed by atoms with E-state index in [1.807, 2.05) is 0 Å². The Morgan fingerprint density at radius 1 is 0.744 bits per heavy atom. The second-order valence-electron chi connectivity index (χ2n) is 8.84. The number of hydrogen-bond acceptors (Lipinski definition) is 12. The van der Waals surface area contributed by atoms with Crippen LogP contribution in [-0.4, -0.2) is 60.3 Å². The van der Waals surface area contributed by atoms with Crippen molar-refractivity contribution in [2.75, 3.05) is 6.61 Å². The quantitative estimate of drug-likeness (QED) is 0.107. The number of thioether (sulfide) groups is 1. The van der Waals surface area contributed by atoms with Crippen molar-refractivity contribution in [2.45, 2.75) is 62.4 Å². The van der Waals surface area contributed by atoms with Gasteiger partial charge in [-0.15, -0.1) is 10.2 Å². The van der Waals surface area contributed by atoms with Crippen LogP contribution in [0.3, 0.4) is 0 Å².